The quantitative estimate of drug-likeness (QED) is 0.0549. The Morgan fingerprint density at radius 2 is 1.06 bits per heavy atom. The van der Waals surface area contributed by atoms with Gasteiger partial charge in [0.25, 0.3) is 5.69 Å². The number of nitrogens with zero attached hydrogens (tertiary/aromatic N) is 2. The third-order valence-electron chi connectivity index (χ3n) is 8.68. The number of sulfone groups is 1. The minimum atomic E-state index is -5.32. The van der Waals surface area contributed by atoms with Crippen molar-refractivity contribution in [1.29, 1.82) is 0 Å². The Hall–Kier alpha value is -5.05. The van der Waals surface area contributed by atoms with Crippen LogP contribution in [0.5, 0.6) is 0 Å². The third kappa shape index (κ3) is 7.88. The molecule has 0 N–H and O–H groups in total. The first kappa shape index (κ1) is 38.2. The van der Waals surface area contributed by atoms with Gasteiger partial charge in [0.1, 0.15) is 10.9 Å². The summed E-state index contributed by atoms with van der Waals surface area (Å²) in [5.41, 5.74) is -3.60. The Kier molecular flexibility index (Phi) is 10.9. The Bertz CT molecular complexity index is 1970. The van der Waals surface area contributed by atoms with Gasteiger partial charge in [0.15, 0.2) is 9.84 Å². The average Bonchev–Trinajstić information content (AvgIpc) is 3.11. The summed E-state index contributed by atoms with van der Waals surface area (Å²) >= 11 is 0. The Morgan fingerprint density at radius 1 is 0.654 bits per heavy atom. The summed E-state index contributed by atoms with van der Waals surface area (Å²) in [7, 11) is -2.17. The van der Waals surface area contributed by atoms with E-state index in [-0.39, 0.29) is 23.8 Å². The maximum atomic E-state index is 14.6. The molecule has 0 saturated carbocycles. The van der Waals surface area contributed by atoms with Crippen LogP contribution < -0.4 is 0 Å². The highest BCUT2D eigenvalue weighted by Gasteiger charge is 2.45. The van der Waals surface area contributed by atoms with E-state index in [0.29, 0.717) is 16.7 Å². The van der Waals surface area contributed by atoms with E-state index in [0.717, 1.165) is 24.3 Å². The van der Waals surface area contributed by atoms with E-state index in [1.165, 1.54) is 19.0 Å². The topological polar surface area (TPSA) is 89.8 Å². The number of ether oxygens (including phenoxy) is 1. The van der Waals surface area contributed by atoms with Crippen molar-refractivity contribution in [2.45, 2.75) is 34.1 Å². The molecule has 0 bridgehead atoms. The molecule has 0 heterocycles. The summed E-state index contributed by atoms with van der Waals surface area (Å²) in [6.07, 6.45) is -10.6. The molecular weight excluding hydrogens is 710 g/mol. The van der Waals surface area contributed by atoms with Crippen LogP contribution in [-0.4, -0.2) is 45.0 Å². The van der Waals surface area contributed by atoms with Gasteiger partial charge in [-0.3, -0.25) is 10.1 Å². The Labute approximate surface area is 296 Å². The van der Waals surface area contributed by atoms with Crippen LogP contribution in [-0.2, 0) is 32.5 Å². The maximum Gasteiger partial charge on any atom is 0.416 e. The molecule has 0 radical (unpaired) electrons. The zero-order valence-electron chi connectivity index (χ0n) is 27.7. The number of hydrogen-bond acceptors (Lipinski definition) is 6. The van der Waals surface area contributed by atoms with Crippen molar-refractivity contribution in [1.82, 2.24) is 4.90 Å². The highest BCUT2D eigenvalue weighted by molar-refractivity contribution is 7.91. The second kappa shape index (κ2) is 14.9. The molecule has 0 unspecified atom stereocenters. The van der Waals surface area contributed by atoms with E-state index in [1.54, 1.807) is 54.6 Å². The summed E-state index contributed by atoms with van der Waals surface area (Å²) in [6, 6.07) is 30.2. The SMILES string of the molecule is CN(C)[C@@H](COC(c1ccccc1)(c1ccccc1)c1ccccc1)[C@@H](c1ccc([N+](=O)[O-])cc1)S(=O)(=O)c1cc(C(F)(F)F)cc(C(F)(F)F)c1. The van der Waals surface area contributed by atoms with E-state index in [9.17, 15) is 44.9 Å². The van der Waals surface area contributed by atoms with Crippen LogP contribution in [0, 0.1) is 10.1 Å². The molecule has 272 valence electrons. The highest BCUT2D eigenvalue weighted by Crippen LogP contribution is 2.44. The van der Waals surface area contributed by atoms with Gasteiger partial charge in [0, 0.05) is 12.1 Å². The molecule has 0 spiro atoms. The summed E-state index contributed by atoms with van der Waals surface area (Å²) in [6.45, 7) is -0.447. The molecule has 0 fully saturated rings. The summed E-state index contributed by atoms with van der Waals surface area (Å²) in [5, 5.41) is 9.59. The summed E-state index contributed by atoms with van der Waals surface area (Å²) in [5.74, 6) is 0. The van der Waals surface area contributed by atoms with E-state index in [4.69, 9.17) is 4.74 Å². The van der Waals surface area contributed by atoms with Crippen molar-refractivity contribution in [3.63, 3.8) is 0 Å². The van der Waals surface area contributed by atoms with Crippen LogP contribution in [0.3, 0.4) is 0 Å². The average molecular weight is 743 g/mol. The van der Waals surface area contributed by atoms with Crippen molar-refractivity contribution in [3.05, 3.63) is 177 Å². The maximum absolute atomic E-state index is 14.6. The van der Waals surface area contributed by atoms with Gasteiger partial charge in [-0.2, -0.15) is 26.3 Å². The van der Waals surface area contributed by atoms with Gasteiger partial charge in [0.2, 0.25) is 0 Å². The molecule has 0 saturated heterocycles. The lowest BCUT2D eigenvalue weighted by Crippen LogP contribution is -2.44. The zero-order chi connectivity index (χ0) is 37.9. The van der Waals surface area contributed by atoms with Gasteiger partial charge < -0.3 is 9.64 Å². The lowest BCUT2D eigenvalue weighted by atomic mass is 9.80. The third-order valence-corrected chi connectivity index (χ3v) is 10.8. The highest BCUT2D eigenvalue weighted by atomic mass is 32.2. The van der Waals surface area contributed by atoms with Gasteiger partial charge in [0.05, 0.1) is 33.6 Å². The van der Waals surface area contributed by atoms with Crippen molar-refractivity contribution in [3.8, 4) is 0 Å². The molecule has 0 aliphatic carbocycles. The van der Waals surface area contributed by atoms with Crippen LogP contribution >= 0.6 is 0 Å². The van der Waals surface area contributed by atoms with Gasteiger partial charge in [-0.05, 0) is 54.5 Å². The summed E-state index contributed by atoms with van der Waals surface area (Å²) < 4.78 is 120. The van der Waals surface area contributed by atoms with Crippen LogP contribution in [0.1, 0.15) is 38.6 Å². The first-order chi connectivity index (χ1) is 24.5. The predicted octanol–water partition coefficient (Wildman–Crippen LogP) is 9.09. The molecule has 0 aliphatic rings. The first-order valence-corrected chi connectivity index (χ1v) is 17.3. The van der Waals surface area contributed by atoms with E-state index >= 15 is 0 Å². The van der Waals surface area contributed by atoms with Crippen molar-refractivity contribution in [2.75, 3.05) is 20.7 Å². The lowest BCUT2D eigenvalue weighted by Gasteiger charge is -2.40. The van der Waals surface area contributed by atoms with E-state index in [2.05, 4.69) is 0 Å². The number of nitro groups is 1. The van der Waals surface area contributed by atoms with Gasteiger partial charge >= 0.3 is 12.4 Å². The number of benzene rings is 5. The molecule has 5 rings (SSSR count). The van der Waals surface area contributed by atoms with Crippen LogP contribution in [0.15, 0.2) is 138 Å². The second-order valence-corrected chi connectivity index (χ2v) is 14.2. The molecule has 0 aliphatic heterocycles. The molecular formula is C38H32F6N2O5S. The fourth-order valence-corrected chi connectivity index (χ4v) is 8.24. The lowest BCUT2D eigenvalue weighted by molar-refractivity contribution is -0.384. The minimum Gasteiger partial charge on any atom is -0.359 e. The predicted molar refractivity (Wildman–Crippen MR) is 182 cm³/mol. The molecule has 14 heteroatoms. The Balaban J connectivity index is 1.74. The van der Waals surface area contributed by atoms with Crippen molar-refractivity contribution < 1.29 is 44.4 Å². The van der Waals surface area contributed by atoms with Crippen molar-refractivity contribution >= 4 is 15.5 Å². The number of halogens is 6. The Morgan fingerprint density at radius 3 is 1.40 bits per heavy atom. The normalized spacial score (nSPS) is 13.9. The van der Waals surface area contributed by atoms with E-state index in [1.807, 2.05) is 36.4 Å². The van der Waals surface area contributed by atoms with Gasteiger partial charge in [-0.25, -0.2) is 8.42 Å². The molecule has 5 aromatic rings. The molecule has 52 heavy (non-hydrogen) atoms. The fraction of sp³-hybridized carbons (Fsp3) is 0.211. The molecule has 0 amide bonds. The summed E-state index contributed by atoms with van der Waals surface area (Å²) in [4.78, 5) is 10.9. The number of alkyl halides is 6. The van der Waals surface area contributed by atoms with Gasteiger partial charge in [-0.15, -0.1) is 0 Å². The van der Waals surface area contributed by atoms with Crippen LogP contribution in [0.2, 0.25) is 0 Å². The van der Waals surface area contributed by atoms with Crippen LogP contribution in [0.4, 0.5) is 32.0 Å². The molecule has 2 atom stereocenters. The standard InChI is InChI=1S/C38H32F6N2O5S/c1-45(2)34(25-51-36(27-12-6-3-7-13-27,28-14-8-4-9-15-28)29-16-10-5-11-17-29)35(26-18-20-32(21-19-26)46(47)48)52(49,50)33-23-30(37(39,40)41)22-31(24-33)38(42,43)44/h3-24,34-35H,25H2,1-2H3/t34-,35+/m0/s1. The number of likely N-dealkylation sites (N-methyl/N-ethyl adjacent to an activating group) is 1. The number of non-ortho nitro benzene ring substituents is 1. The fourth-order valence-electron chi connectivity index (χ4n) is 6.12. The smallest absolute Gasteiger partial charge is 0.359 e. The second-order valence-electron chi connectivity index (χ2n) is 12.2. The van der Waals surface area contributed by atoms with Crippen molar-refractivity contribution in [2.24, 2.45) is 0 Å². The molecule has 0 aromatic heterocycles. The largest absolute Gasteiger partial charge is 0.416 e. The molecule has 5 aromatic carbocycles. The zero-order valence-corrected chi connectivity index (χ0v) is 28.5. The number of rotatable bonds is 12. The minimum absolute atomic E-state index is 0.122. The van der Waals surface area contributed by atoms with Gasteiger partial charge in [-0.1, -0.05) is 103 Å². The van der Waals surface area contributed by atoms with E-state index < -0.39 is 72.3 Å². The number of hydrogen-bond donors (Lipinski definition) is 0. The molecule has 7 nitrogen and oxygen atoms in total. The first-order valence-electron chi connectivity index (χ1n) is 15.7. The monoisotopic (exact) mass is 742 g/mol. The number of nitro benzene ring substituents is 1. The van der Waals surface area contributed by atoms with Crippen LogP contribution in [0.25, 0.3) is 0 Å².